The van der Waals surface area contributed by atoms with Crippen molar-refractivity contribution in [1.29, 1.82) is 0 Å². The number of aromatic amines is 1. The van der Waals surface area contributed by atoms with Gasteiger partial charge >= 0.3 is 6.01 Å². The Bertz CT molecular complexity index is 1010. The molecule has 0 bridgehead atoms. The SMILES string of the molecule is O=C1CCCC2=C1C(c1ccn[nH]1)N=C(Nc1nc3ccccc3o1)N2. The number of allylic oxidation sites excluding steroid dienone is 1. The topological polar surface area (TPSA) is 108 Å². The molecule has 1 aliphatic heterocycles. The summed E-state index contributed by atoms with van der Waals surface area (Å²) in [4.78, 5) is 21.5. The molecule has 2 aliphatic rings. The lowest BCUT2D eigenvalue weighted by molar-refractivity contribution is -0.116. The van der Waals surface area contributed by atoms with Gasteiger partial charge < -0.3 is 9.73 Å². The zero-order valence-electron chi connectivity index (χ0n) is 13.8. The third-order valence-corrected chi connectivity index (χ3v) is 4.59. The van der Waals surface area contributed by atoms with E-state index in [2.05, 4.69) is 30.8 Å². The van der Waals surface area contributed by atoms with Crippen molar-refractivity contribution in [2.24, 2.45) is 4.99 Å². The number of para-hydroxylation sites is 2. The largest absolute Gasteiger partial charge is 0.423 e. The maximum absolute atomic E-state index is 12.5. The third-order valence-electron chi connectivity index (χ3n) is 4.59. The summed E-state index contributed by atoms with van der Waals surface area (Å²) in [6.45, 7) is 0. The first-order valence-electron chi connectivity index (χ1n) is 8.51. The Morgan fingerprint density at radius 1 is 1.19 bits per heavy atom. The summed E-state index contributed by atoms with van der Waals surface area (Å²) in [7, 11) is 0. The molecule has 0 radical (unpaired) electrons. The molecule has 130 valence electrons. The number of Topliss-reactive ketones (excluding diaryl/α,β-unsaturated/α-hetero) is 1. The van der Waals surface area contributed by atoms with Gasteiger partial charge in [0.05, 0.1) is 5.69 Å². The van der Waals surface area contributed by atoms with Gasteiger partial charge in [-0.15, -0.1) is 0 Å². The molecule has 8 nitrogen and oxygen atoms in total. The lowest BCUT2D eigenvalue weighted by Crippen LogP contribution is -2.38. The predicted octanol–water partition coefficient (Wildman–Crippen LogP) is 2.67. The monoisotopic (exact) mass is 348 g/mol. The number of carbonyl (C=O) groups excluding carboxylic acids is 1. The summed E-state index contributed by atoms with van der Waals surface area (Å²) < 4.78 is 5.71. The second-order valence-electron chi connectivity index (χ2n) is 6.30. The van der Waals surface area contributed by atoms with Crippen LogP contribution < -0.4 is 10.6 Å². The van der Waals surface area contributed by atoms with Gasteiger partial charge in [-0.1, -0.05) is 12.1 Å². The fraction of sp³-hybridized carbons (Fsp3) is 0.222. The molecular weight excluding hydrogens is 332 g/mol. The lowest BCUT2D eigenvalue weighted by atomic mass is 9.88. The molecule has 26 heavy (non-hydrogen) atoms. The summed E-state index contributed by atoms with van der Waals surface area (Å²) in [5, 5.41) is 13.3. The number of aromatic nitrogens is 3. The van der Waals surface area contributed by atoms with Crippen LogP contribution in [0.2, 0.25) is 0 Å². The van der Waals surface area contributed by atoms with Crippen molar-refractivity contribution in [1.82, 2.24) is 20.5 Å². The van der Waals surface area contributed by atoms with Crippen LogP contribution in [0.15, 0.2) is 57.2 Å². The Labute approximate surface area is 148 Å². The zero-order valence-corrected chi connectivity index (χ0v) is 13.8. The number of fused-ring (bicyclic) bond motifs is 1. The van der Waals surface area contributed by atoms with E-state index in [0.29, 0.717) is 29.6 Å². The number of aliphatic imine (C=N–C) groups is 1. The first-order valence-corrected chi connectivity index (χ1v) is 8.51. The van der Waals surface area contributed by atoms with E-state index < -0.39 is 6.04 Å². The number of nitrogens with zero attached hydrogens (tertiary/aromatic N) is 3. The molecule has 3 aromatic rings. The highest BCUT2D eigenvalue weighted by Crippen LogP contribution is 2.35. The number of ketones is 1. The van der Waals surface area contributed by atoms with Gasteiger partial charge in [0.25, 0.3) is 0 Å². The standard InChI is InChI=1S/C18H16N6O2/c25-13-6-3-5-11-15(13)16(12-8-9-19-24-12)22-17(20-11)23-18-21-10-4-1-2-7-14(10)26-18/h1-2,4,7-9,16H,3,5-6H2,(H,19,24)(H2,20,21,22,23). The van der Waals surface area contributed by atoms with Crippen LogP contribution in [0, 0.1) is 0 Å². The van der Waals surface area contributed by atoms with Crippen molar-refractivity contribution in [2.75, 3.05) is 5.32 Å². The maximum atomic E-state index is 12.5. The van der Waals surface area contributed by atoms with Crippen LogP contribution in [0.25, 0.3) is 11.1 Å². The molecule has 1 aliphatic carbocycles. The van der Waals surface area contributed by atoms with Crippen LogP contribution in [-0.2, 0) is 4.79 Å². The Morgan fingerprint density at radius 3 is 2.96 bits per heavy atom. The Hall–Kier alpha value is -3.42. The van der Waals surface area contributed by atoms with Crippen molar-refractivity contribution >= 4 is 28.9 Å². The van der Waals surface area contributed by atoms with Crippen molar-refractivity contribution in [3.63, 3.8) is 0 Å². The Morgan fingerprint density at radius 2 is 2.12 bits per heavy atom. The number of H-pyrrole nitrogens is 1. The van der Waals surface area contributed by atoms with Crippen molar-refractivity contribution in [3.05, 3.63) is 53.5 Å². The maximum Gasteiger partial charge on any atom is 0.302 e. The van der Waals surface area contributed by atoms with Crippen LogP contribution >= 0.6 is 0 Å². The van der Waals surface area contributed by atoms with Gasteiger partial charge in [-0.05, 0) is 31.0 Å². The highest BCUT2D eigenvalue weighted by Gasteiger charge is 2.33. The Kier molecular flexibility index (Phi) is 3.34. The van der Waals surface area contributed by atoms with E-state index in [0.717, 1.165) is 29.7 Å². The minimum Gasteiger partial charge on any atom is -0.423 e. The van der Waals surface area contributed by atoms with E-state index in [1.165, 1.54) is 0 Å². The zero-order chi connectivity index (χ0) is 17.5. The number of benzene rings is 1. The smallest absolute Gasteiger partial charge is 0.302 e. The molecule has 5 rings (SSSR count). The van der Waals surface area contributed by atoms with Crippen LogP contribution in [0.3, 0.4) is 0 Å². The number of hydrogen-bond acceptors (Lipinski definition) is 7. The number of guanidine groups is 1. The van der Waals surface area contributed by atoms with E-state index in [1.54, 1.807) is 6.20 Å². The van der Waals surface area contributed by atoms with Crippen molar-refractivity contribution < 1.29 is 9.21 Å². The molecule has 0 amide bonds. The molecule has 3 N–H and O–H groups in total. The number of oxazole rings is 1. The second kappa shape index (κ2) is 5.83. The van der Waals surface area contributed by atoms with Crippen LogP contribution in [0.4, 0.5) is 6.01 Å². The fourth-order valence-corrected chi connectivity index (χ4v) is 3.41. The molecule has 0 saturated heterocycles. The Balaban J connectivity index is 1.51. The average Bonchev–Trinajstić information content (AvgIpc) is 3.30. The quantitative estimate of drug-likeness (QED) is 0.657. The van der Waals surface area contributed by atoms with Gasteiger partial charge in [0, 0.05) is 23.9 Å². The van der Waals surface area contributed by atoms with Crippen molar-refractivity contribution in [3.8, 4) is 0 Å². The van der Waals surface area contributed by atoms with Gasteiger partial charge in [0.2, 0.25) is 5.96 Å². The number of carbonyl (C=O) groups is 1. The highest BCUT2D eigenvalue weighted by atomic mass is 16.4. The van der Waals surface area contributed by atoms with Gasteiger partial charge in [0.1, 0.15) is 11.6 Å². The molecule has 1 atom stereocenters. The summed E-state index contributed by atoms with van der Waals surface area (Å²) in [5.41, 5.74) is 3.86. The number of rotatable bonds is 2. The molecule has 2 aromatic heterocycles. The number of nitrogens with one attached hydrogen (secondary N) is 3. The van der Waals surface area contributed by atoms with E-state index in [-0.39, 0.29) is 5.78 Å². The molecule has 0 spiro atoms. The summed E-state index contributed by atoms with van der Waals surface area (Å²) in [5.74, 6) is 0.632. The van der Waals surface area contributed by atoms with Crippen LogP contribution in [0.5, 0.6) is 0 Å². The molecule has 0 saturated carbocycles. The molecule has 0 fully saturated rings. The molecule has 3 heterocycles. The van der Waals surface area contributed by atoms with Crippen LogP contribution in [-0.4, -0.2) is 26.9 Å². The summed E-state index contributed by atoms with van der Waals surface area (Å²) in [6.07, 6.45) is 3.85. The lowest BCUT2D eigenvalue weighted by Gasteiger charge is -2.29. The summed E-state index contributed by atoms with van der Waals surface area (Å²) in [6, 6.07) is 9.32. The number of anilines is 1. The van der Waals surface area contributed by atoms with E-state index in [9.17, 15) is 4.79 Å². The van der Waals surface area contributed by atoms with Gasteiger partial charge in [-0.3, -0.25) is 15.2 Å². The minimum atomic E-state index is -0.409. The molecule has 1 aromatic carbocycles. The van der Waals surface area contributed by atoms with E-state index >= 15 is 0 Å². The third kappa shape index (κ3) is 2.46. The van der Waals surface area contributed by atoms with Gasteiger partial charge in [-0.25, -0.2) is 4.99 Å². The van der Waals surface area contributed by atoms with Crippen molar-refractivity contribution in [2.45, 2.75) is 25.3 Å². The van der Waals surface area contributed by atoms with Gasteiger partial charge in [0.15, 0.2) is 11.4 Å². The minimum absolute atomic E-state index is 0.128. The van der Waals surface area contributed by atoms with E-state index in [1.807, 2.05) is 30.3 Å². The predicted molar refractivity (Wildman–Crippen MR) is 95.4 cm³/mol. The molecular formula is C18H16N6O2. The fourth-order valence-electron chi connectivity index (χ4n) is 3.41. The van der Waals surface area contributed by atoms with E-state index in [4.69, 9.17) is 4.42 Å². The number of hydrogen-bond donors (Lipinski definition) is 3. The molecule has 8 heteroatoms. The first kappa shape index (κ1) is 14.9. The van der Waals surface area contributed by atoms with Crippen LogP contribution in [0.1, 0.15) is 31.0 Å². The average molecular weight is 348 g/mol. The molecule has 1 unspecified atom stereocenters. The summed E-state index contributed by atoms with van der Waals surface area (Å²) >= 11 is 0. The first-order chi connectivity index (χ1) is 12.8. The van der Waals surface area contributed by atoms with Gasteiger partial charge in [-0.2, -0.15) is 10.1 Å². The normalized spacial score (nSPS) is 19.9. The highest BCUT2D eigenvalue weighted by molar-refractivity contribution is 6.03. The second-order valence-corrected chi connectivity index (χ2v) is 6.30.